The Bertz CT molecular complexity index is 1770. The van der Waals surface area contributed by atoms with Gasteiger partial charge in [0.05, 0.1) is 18.8 Å². The van der Waals surface area contributed by atoms with Gasteiger partial charge in [0.2, 0.25) is 0 Å². The second-order valence-corrected chi connectivity index (χ2v) is 15.5. The lowest BCUT2D eigenvalue weighted by Gasteiger charge is -2.19. The molecule has 0 fully saturated rings. The highest BCUT2D eigenvalue weighted by Crippen LogP contribution is 2.45. The van der Waals surface area contributed by atoms with E-state index in [4.69, 9.17) is 9.47 Å². The zero-order valence-corrected chi connectivity index (χ0v) is 33.9. The van der Waals surface area contributed by atoms with E-state index in [1.54, 1.807) is 12.1 Å². The molecule has 55 heavy (non-hydrogen) atoms. The van der Waals surface area contributed by atoms with Crippen molar-refractivity contribution in [3.8, 4) is 33.8 Å². The maximum atomic E-state index is 11.7. The highest BCUT2D eigenvalue weighted by atomic mass is 16.5. The van der Waals surface area contributed by atoms with E-state index >= 15 is 0 Å². The number of hydrogen-bond donors (Lipinski definition) is 1. The molecule has 0 aliphatic carbocycles. The Labute approximate surface area is 331 Å². The summed E-state index contributed by atoms with van der Waals surface area (Å²) in [5.41, 5.74) is 4.63. The van der Waals surface area contributed by atoms with E-state index in [0.717, 1.165) is 68.1 Å². The summed E-state index contributed by atoms with van der Waals surface area (Å²) in [6.45, 7) is 5.95. The van der Waals surface area contributed by atoms with Crippen LogP contribution in [0.15, 0.2) is 91.0 Å². The van der Waals surface area contributed by atoms with Crippen LogP contribution in [0.5, 0.6) is 11.5 Å². The lowest BCUT2D eigenvalue weighted by Crippen LogP contribution is -2.01. The van der Waals surface area contributed by atoms with Gasteiger partial charge in [-0.05, 0) is 80.9 Å². The van der Waals surface area contributed by atoms with Crippen molar-refractivity contribution in [2.45, 2.75) is 142 Å². The minimum Gasteiger partial charge on any atom is -0.493 e. The number of ether oxygens (including phenoxy) is 2. The van der Waals surface area contributed by atoms with Crippen molar-refractivity contribution in [3.05, 3.63) is 96.6 Å². The third kappa shape index (κ3) is 12.9. The molecule has 5 aromatic rings. The van der Waals surface area contributed by atoms with E-state index in [1.807, 2.05) is 12.1 Å². The number of hydrogen-bond acceptors (Lipinski definition) is 3. The first-order chi connectivity index (χ1) is 27.1. The monoisotopic (exact) mass is 742 g/mol. The average molecular weight is 743 g/mol. The van der Waals surface area contributed by atoms with Crippen LogP contribution >= 0.6 is 0 Å². The summed E-state index contributed by atoms with van der Waals surface area (Å²) in [6, 6.07) is 30.9. The molecular weight excluding hydrogens is 677 g/mol. The standard InChI is InChI=1S/C51H66O4/c1-3-5-7-9-11-13-15-17-19-25-35-54-43-37-42(38-44(39-43)55-36-26-20-18-16-14-12-10-8-6-4-2)50-47-29-23-21-27-45(47)49(46-28-22-24-30-48(46)50)40-31-33-41(34-32-40)51(52)53/h21-24,27-34,37-39H,3-20,25-26,35-36H2,1-2H3,(H,52,53). The number of rotatable bonds is 27. The summed E-state index contributed by atoms with van der Waals surface area (Å²) in [6.07, 6.45) is 26.0. The van der Waals surface area contributed by atoms with Crippen LogP contribution in [0.1, 0.15) is 153 Å². The highest BCUT2D eigenvalue weighted by Gasteiger charge is 2.18. The molecule has 0 saturated carbocycles. The second-order valence-electron chi connectivity index (χ2n) is 15.5. The van der Waals surface area contributed by atoms with Gasteiger partial charge in [0.1, 0.15) is 11.5 Å². The zero-order chi connectivity index (χ0) is 38.5. The van der Waals surface area contributed by atoms with Gasteiger partial charge in [-0.1, -0.05) is 190 Å². The van der Waals surface area contributed by atoms with Crippen LogP contribution in [0.3, 0.4) is 0 Å². The van der Waals surface area contributed by atoms with Gasteiger partial charge in [0, 0.05) is 6.07 Å². The Morgan fingerprint density at radius 2 is 0.782 bits per heavy atom. The predicted molar refractivity (Wildman–Crippen MR) is 234 cm³/mol. The molecule has 5 rings (SSSR count). The molecule has 294 valence electrons. The Hall–Kier alpha value is -4.31. The van der Waals surface area contributed by atoms with E-state index in [-0.39, 0.29) is 5.56 Å². The molecule has 0 aliphatic rings. The van der Waals surface area contributed by atoms with Crippen molar-refractivity contribution in [1.29, 1.82) is 0 Å². The van der Waals surface area contributed by atoms with Crippen LogP contribution in [-0.4, -0.2) is 24.3 Å². The van der Waals surface area contributed by atoms with Gasteiger partial charge in [-0.15, -0.1) is 0 Å². The van der Waals surface area contributed by atoms with E-state index in [2.05, 4.69) is 80.6 Å². The SMILES string of the molecule is CCCCCCCCCCCCOc1cc(OCCCCCCCCCCCC)cc(-c2c3ccccc3c(-c3ccc(C(=O)O)cc3)c3ccccc23)c1. The van der Waals surface area contributed by atoms with E-state index in [1.165, 1.54) is 116 Å². The maximum absolute atomic E-state index is 11.7. The number of fused-ring (bicyclic) bond motifs is 2. The van der Waals surface area contributed by atoms with Crippen LogP contribution < -0.4 is 9.47 Å². The predicted octanol–water partition coefficient (Wildman–Crippen LogP) is 15.6. The third-order valence-electron chi connectivity index (χ3n) is 11.1. The molecule has 0 atom stereocenters. The van der Waals surface area contributed by atoms with E-state index < -0.39 is 5.97 Å². The van der Waals surface area contributed by atoms with Gasteiger partial charge in [-0.25, -0.2) is 4.79 Å². The Morgan fingerprint density at radius 3 is 1.15 bits per heavy atom. The van der Waals surface area contributed by atoms with Gasteiger partial charge < -0.3 is 14.6 Å². The minimum absolute atomic E-state index is 0.286. The Morgan fingerprint density at radius 1 is 0.436 bits per heavy atom. The van der Waals surface area contributed by atoms with E-state index in [0.29, 0.717) is 13.2 Å². The van der Waals surface area contributed by atoms with Gasteiger partial charge in [-0.3, -0.25) is 0 Å². The van der Waals surface area contributed by atoms with E-state index in [9.17, 15) is 9.90 Å². The topological polar surface area (TPSA) is 55.8 Å². The largest absolute Gasteiger partial charge is 0.493 e. The van der Waals surface area contributed by atoms with Gasteiger partial charge in [-0.2, -0.15) is 0 Å². The molecule has 0 amide bonds. The van der Waals surface area contributed by atoms with Crippen molar-refractivity contribution < 1.29 is 19.4 Å². The molecule has 1 N–H and O–H groups in total. The lowest BCUT2D eigenvalue weighted by atomic mass is 9.86. The van der Waals surface area contributed by atoms with Gasteiger partial charge in [0.25, 0.3) is 0 Å². The number of unbranched alkanes of at least 4 members (excludes halogenated alkanes) is 18. The molecule has 0 saturated heterocycles. The normalized spacial score (nSPS) is 11.4. The van der Waals surface area contributed by atoms with Crippen LogP contribution in [-0.2, 0) is 0 Å². The zero-order valence-electron chi connectivity index (χ0n) is 33.9. The molecule has 4 nitrogen and oxygen atoms in total. The summed E-state index contributed by atoms with van der Waals surface area (Å²) >= 11 is 0. The summed E-state index contributed by atoms with van der Waals surface area (Å²) in [5.74, 6) is 0.791. The average Bonchev–Trinajstić information content (AvgIpc) is 3.21. The summed E-state index contributed by atoms with van der Waals surface area (Å²) in [5, 5.41) is 14.1. The van der Waals surface area contributed by atoms with Crippen LogP contribution in [0.4, 0.5) is 0 Å². The first kappa shape index (κ1) is 41.8. The molecule has 4 heteroatoms. The fraction of sp³-hybridized carbons (Fsp3) is 0.471. The Kier molecular flexibility index (Phi) is 17.9. The fourth-order valence-electron chi connectivity index (χ4n) is 7.97. The van der Waals surface area contributed by atoms with Crippen molar-refractivity contribution in [2.75, 3.05) is 13.2 Å². The molecule has 5 aromatic carbocycles. The lowest BCUT2D eigenvalue weighted by molar-refractivity contribution is 0.0697. The summed E-state index contributed by atoms with van der Waals surface area (Å²) in [7, 11) is 0. The van der Waals surface area contributed by atoms with Gasteiger partial charge in [0.15, 0.2) is 0 Å². The quantitative estimate of drug-likeness (QED) is 0.0430. The smallest absolute Gasteiger partial charge is 0.335 e. The molecule has 0 heterocycles. The van der Waals surface area contributed by atoms with Crippen molar-refractivity contribution >= 4 is 27.5 Å². The minimum atomic E-state index is -0.918. The van der Waals surface area contributed by atoms with Crippen LogP contribution in [0.25, 0.3) is 43.8 Å². The maximum Gasteiger partial charge on any atom is 0.335 e. The summed E-state index contributed by atoms with van der Waals surface area (Å²) < 4.78 is 13.0. The number of carboxylic acid groups (broad SMARTS) is 1. The molecule has 0 aromatic heterocycles. The molecule has 0 unspecified atom stereocenters. The Balaban J connectivity index is 1.35. The molecular formula is C51H66O4. The second kappa shape index (κ2) is 23.6. The van der Waals surface area contributed by atoms with Crippen molar-refractivity contribution in [2.24, 2.45) is 0 Å². The van der Waals surface area contributed by atoms with Crippen LogP contribution in [0, 0.1) is 0 Å². The number of carboxylic acids is 1. The number of aromatic carboxylic acids is 1. The first-order valence-corrected chi connectivity index (χ1v) is 21.8. The third-order valence-corrected chi connectivity index (χ3v) is 11.1. The first-order valence-electron chi connectivity index (χ1n) is 21.8. The van der Waals surface area contributed by atoms with Crippen LogP contribution in [0.2, 0.25) is 0 Å². The molecule has 0 bridgehead atoms. The highest BCUT2D eigenvalue weighted by molar-refractivity contribution is 6.21. The van der Waals surface area contributed by atoms with Crippen molar-refractivity contribution in [1.82, 2.24) is 0 Å². The number of carbonyl (C=O) groups is 1. The molecule has 0 spiro atoms. The van der Waals surface area contributed by atoms with Crippen molar-refractivity contribution in [3.63, 3.8) is 0 Å². The number of benzene rings is 5. The molecule has 0 aliphatic heterocycles. The summed E-state index contributed by atoms with van der Waals surface area (Å²) in [4.78, 5) is 11.7. The fourth-order valence-corrected chi connectivity index (χ4v) is 7.97. The van der Waals surface area contributed by atoms with Gasteiger partial charge >= 0.3 is 5.97 Å². The molecule has 0 radical (unpaired) electrons.